The van der Waals surface area contributed by atoms with Crippen LogP contribution in [0.5, 0.6) is 0 Å². The number of para-hydroxylation sites is 1. The van der Waals surface area contributed by atoms with Crippen molar-refractivity contribution in [1.82, 2.24) is 9.47 Å². The number of fused-ring (bicyclic) bond motifs is 1. The molecule has 1 N–H and O–H groups in total. The number of hydrogen-bond donors (Lipinski definition) is 1. The zero-order valence-corrected chi connectivity index (χ0v) is 19.9. The van der Waals surface area contributed by atoms with Crippen molar-refractivity contribution >= 4 is 34.4 Å². The number of carbonyl (C=O) groups excluding carboxylic acids is 3. The summed E-state index contributed by atoms with van der Waals surface area (Å²) in [6.07, 6.45) is 1.66. The molecule has 0 aliphatic carbocycles. The number of nitrogens with zero attached hydrogens (tertiary/aromatic N) is 2. The van der Waals surface area contributed by atoms with Gasteiger partial charge in [0.1, 0.15) is 6.54 Å². The van der Waals surface area contributed by atoms with Gasteiger partial charge in [-0.2, -0.15) is 0 Å². The highest BCUT2D eigenvalue weighted by molar-refractivity contribution is 6.05. The summed E-state index contributed by atoms with van der Waals surface area (Å²) in [6, 6.07) is 23.7. The lowest BCUT2D eigenvalue weighted by Gasteiger charge is -2.26. The van der Waals surface area contributed by atoms with Crippen LogP contribution in [0.3, 0.4) is 0 Å². The minimum absolute atomic E-state index is 0.0722. The Morgan fingerprint density at radius 2 is 1.69 bits per heavy atom. The molecule has 4 rings (SSSR count). The van der Waals surface area contributed by atoms with Gasteiger partial charge in [0.05, 0.1) is 18.7 Å². The molecular weight excluding hydrogens is 442 g/mol. The normalized spacial score (nSPS) is 11.6. The zero-order valence-electron chi connectivity index (χ0n) is 19.9. The van der Waals surface area contributed by atoms with Crippen LogP contribution in [-0.2, 0) is 16.1 Å². The number of nitrogens with one attached hydrogen (secondary N) is 1. The first-order chi connectivity index (χ1) is 16.9. The maximum atomic E-state index is 13.2. The molecule has 35 heavy (non-hydrogen) atoms. The molecule has 0 fully saturated rings. The summed E-state index contributed by atoms with van der Waals surface area (Å²) >= 11 is 0. The molecule has 0 bridgehead atoms. The lowest BCUT2D eigenvalue weighted by molar-refractivity contribution is -0.132. The number of esters is 1. The van der Waals surface area contributed by atoms with Crippen LogP contribution < -0.4 is 5.32 Å². The monoisotopic (exact) mass is 469 g/mol. The van der Waals surface area contributed by atoms with Crippen molar-refractivity contribution in [1.29, 1.82) is 0 Å². The van der Waals surface area contributed by atoms with Crippen LogP contribution in [0.1, 0.15) is 39.2 Å². The van der Waals surface area contributed by atoms with Gasteiger partial charge in [0.2, 0.25) is 5.91 Å². The van der Waals surface area contributed by atoms with Gasteiger partial charge in [0, 0.05) is 35.4 Å². The van der Waals surface area contributed by atoms with Crippen molar-refractivity contribution in [3.05, 3.63) is 102 Å². The van der Waals surface area contributed by atoms with Crippen molar-refractivity contribution < 1.29 is 19.1 Å². The quantitative estimate of drug-likeness (QED) is 0.391. The summed E-state index contributed by atoms with van der Waals surface area (Å²) in [4.78, 5) is 39.5. The second-order valence-electron chi connectivity index (χ2n) is 8.31. The second-order valence-corrected chi connectivity index (χ2v) is 8.31. The van der Waals surface area contributed by atoms with Crippen LogP contribution in [0.4, 0.5) is 5.69 Å². The average Bonchev–Trinajstić information content (AvgIpc) is 3.26. The first-order valence-electron chi connectivity index (χ1n) is 11.3. The SMILES string of the molecule is COC(=O)c1cn(CC(=O)N(C)C(C)c2cccc(NC(=O)c3ccccc3)c2)c2ccccc12. The Morgan fingerprint density at radius 3 is 2.43 bits per heavy atom. The minimum Gasteiger partial charge on any atom is -0.465 e. The average molecular weight is 470 g/mol. The fraction of sp³-hybridized carbons (Fsp3) is 0.179. The Bertz CT molecular complexity index is 1380. The largest absolute Gasteiger partial charge is 0.465 e. The van der Waals surface area contributed by atoms with Crippen LogP contribution in [0.15, 0.2) is 85.1 Å². The molecule has 1 unspecified atom stereocenters. The van der Waals surface area contributed by atoms with E-state index in [1.165, 1.54) is 7.11 Å². The van der Waals surface area contributed by atoms with Gasteiger partial charge >= 0.3 is 5.97 Å². The van der Waals surface area contributed by atoms with Crippen LogP contribution in [0.25, 0.3) is 10.9 Å². The summed E-state index contributed by atoms with van der Waals surface area (Å²) in [5.41, 5.74) is 3.33. The standard InChI is InChI=1S/C28H27N3O4/c1-19(21-12-9-13-22(16-21)29-27(33)20-10-5-4-6-11-20)30(2)26(32)18-31-17-24(28(34)35-3)23-14-7-8-15-25(23)31/h4-17,19H,18H2,1-3H3,(H,29,33). The van der Waals surface area contributed by atoms with Gasteiger partial charge in [-0.05, 0) is 42.8 Å². The van der Waals surface area contributed by atoms with Crippen molar-refractivity contribution in [2.24, 2.45) is 0 Å². The number of likely N-dealkylation sites (N-methyl/N-ethyl adjacent to an activating group) is 1. The molecule has 178 valence electrons. The molecule has 4 aromatic rings. The lowest BCUT2D eigenvalue weighted by atomic mass is 10.1. The number of aromatic nitrogens is 1. The van der Waals surface area contributed by atoms with Crippen molar-refractivity contribution in [3.8, 4) is 0 Å². The molecule has 1 atom stereocenters. The smallest absolute Gasteiger partial charge is 0.340 e. The Balaban J connectivity index is 1.50. The third kappa shape index (κ3) is 5.09. The highest BCUT2D eigenvalue weighted by Crippen LogP contribution is 2.25. The zero-order chi connectivity index (χ0) is 24.9. The highest BCUT2D eigenvalue weighted by atomic mass is 16.5. The van der Waals surface area contributed by atoms with E-state index in [2.05, 4.69) is 5.32 Å². The molecule has 7 nitrogen and oxygen atoms in total. The molecule has 0 radical (unpaired) electrons. The van der Waals surface area contributed by atoms with Crippen molar-refractivity contribution in [3.63, 3.8) is 0 Å². The van der Waals surface area contributed by atoms with Gasteiger partial charge in [-0.15, -0.1) is 0 Å². The highest BCUT2D eigenvalue weighted by Gasteiger charge is 2.21. The molecule has 7 heteroatoms. The summed E-state index contributed by atoms with van der Waals surface area (Å²) < 4.78 is 6.66. The maximum Gasteiger partial charge on any atom is 0.340 e. The minimum atomic E-state index is -0.441. The molecule has 1 aromatic heterocycles. The van der Waals surface area contributed by atoms with E-state index in [1.54, 1.807) is 34.8 Å². The van der Waals surface area contributed by atoms with E-state index in [0.717, 1.165) is 16.5 Å². The molecule has 2 amide bonds. The van der Waals surface area contributed by atoms with E-state index in [-0.39, 0.29) is 24.4 Å². The van der Waals surface area contributed by atoms with Gasteiger partial charge in [-0.25, -0.2) is 4.79 Å². The van der Waals surface area contributed by atoms with Gasteiger partial charge in [0.15, 0.2) is 0 Å². The number of anilines is 1. The van der Waals surface area contributed by atoms with Gasteiger partial charge in [-0.3, -0.25) is 9.59 Å². The summed E-state index contributed by atoms with van der Waals surface area (Å²) in [6.45, 7) is 2.01. The van der Waals surface area contributed by atoms with Crippen molar-refractivity contribution in [2.75, 3.05) is 19.5 Å². The van der Waals surface area contributed by atoms with Crippen LogP contribution >= 0.6 is 0 Å². The Kier molecular flexibility index (Phi) is 6.96. The van der Waals surface area contributed by atoms with E-state index < -0.39 is 5.97 Å². The van der Waals surface area contributed by atoms with Crippen LogP contribution in [0, 0.1) is 0 Å². The van der Waals surface area contributed by atoms with Gasteiger partial charge < -0.3 is 19.5 Å². The number of benzene rings is 3. The predicted molar refractivity (Wildman–Crippen MR) is 135 cm³/mol. The molecule has 0 saturated heterocycles. The summed E-state index contributed by atoms with van der Waals surface area (Å²) in [5.74, 6) is -0.752. The predicted octanol–water partition coefficient (Wildman–Crippen LogP) is 4.90. The lowest BCUT2D eigenvalue weighted by Crippen LogP contribution is -2.32. The number of carbonyl (C=O) groups is 3. The third-order valence-electron chi connectivity index (χ3n) is 6.14. The third-order valence-corrected chi connectivity index (χ3v) is 6.14. The number of methoxy groups -OCH3 is 1. The Labute approximate surface area is 203 Å². The van der Waals surface area contributed by atoms with E-state index >= 15 is 0 Å². The number of rotatable bonds is 7. The molecule has 1 heterocycles. The second kappa shape index (κ2) is 10.3. The fourth-order valence-corrected chi connectivity index (χ4v) is 4.02. The first kappa shape index (κ1) is 23.8. The van der Waals surface area contributed by atoms with Gasteiger partial charge in [-0.1, -0.05) is 48.5 Å². The molecular formula is C28H27N3O4. The van der Waals surface area contributed by atoms with Crippen LogP contribution in [0.2, 0.25) is 0 Å². The molecule has 0 spiro atoms. The topological polar surface area (TPSA) is 80.6 Å². The summed E-state index contributed by atoms with van der Waals surface area (Å²) in [7, 11) is 3.08. The summed E-state index contributed by atoms with van der Waals surface area (Å²) in [5, 5.41) is 3.65. The number of amides is 2. The first-order valence-corrected chi connectivity index (χ1v) is 11.3. The van der Waals surface area contributed by atoms with E-state index in [1.807, 2.05) is 73.7 Å². The van der Waals surface area contributed by atoms with Gasteiger partial charge in [0.25, 0.3) is 5.91 Å². The number of ether oxygens (including phenoxy) is 1. The molecule has 0 aliphatic heterocycles. The number of hydrogen-bond acceptors (Lipinski definition) is 4. The maximum absolute atomic E-state index is 13.2. The Hall–Kier alpha value is -4.39. The molecule has 3 aromatic carbocycles. The van der Waals surface area contributed by atoms with E-state index in [0.29, 0.717) is 16.8 Å². The van der Waals surface area contributed by atoms with E-state index in [4.69, 9.17) is 4.74 Å². The Morgan fingerprint density at radius 1 is 0.971 bits per heavy atom. The molecule has 0 saturated carbocycles. The van der Waals surface area contributed by atoms with Crippen molar-refractivity contribution in [2.45, 2.75) is 19.5 Å². The fourth-order valence-electron chi connectivity index (χ4n) is 4.02. The van der Waals surface area contributed by atoms with E-state index in [9.17, 15) is 14.4 Å². The molecule has 0 aliphatic rings. The van der Waals surface area contributed by atoms with Crippen LogP contribution in [-0.4, -0.2) is 41.4 Å².